The first-order valence-electron chi connectivity index (χ1n) is 9.74. The van der Waals surface area contributed by atoms with Gasteiger partial charge in [0.15, 0.2) is 0 Å². The number of likely N-dealkylation sites (tertiary alicyclic amines) is 1. The predicted octanol–water partition coefficient (Wildman–Crippen LogP) is 3.35. The summed E-state index contributed by atoms with van der Waals surface area (Å²) in [4.78, 5) is 29.2. The summed E-state index contributed by atoms with van der Waals surface area (Å²) in [7, 11) is 0. The van der Waals surface area contributed by atoms with Crippen molar-refractivity contribution in [2.45, 2.75) is 89.6 Å². The van der Waals surface area contributed by atoms with Crippen molar-refractivity contribution in [2.75, 3.05) is 13.1 Å². The maximum absolute atomic E-state index is 12.9. The molecule has 4 nitrogen and oxygen atoms in total. The highest BCUT2D eigenvalue weighted by atomic mass is 16.2. The zero-order valence-electron chi connectivity index (χ0n) is 14.6. The third-order valence-corrected chi connectivity index (χ3v) is 5.85. The first-order chi connectivity index (χ1) is 11.1. The van der Waals surface area contributed by atoms with Gasteiger partial charge >= 0.3 is 0 Å². The average Bonchev–Trinajstić information content (AvgIpc) is 3.34. The maximum atomic E-state index is 12.9. The molecule has 1 aliphatic heterocycles. The maximum Gasteiger partial charge on any atom is 0.242 e. The van der Waals surface area contributed by atoms with E-state index in [9.17, 15) is 9.59 Å². The first kappa shape index (κ1) is 16.8. The predicted molar refractivity (Wildman–Crippen MR) is 91.0 cm³/mol. The van der Waals surface area contributed by atoms with Crippen molar-refractivity contribution in [2.24, 2.45) is 5.92 Å². The number of carbonyl (C=O) groups excluding carboxylic acids is 2. The van der Waals surface area contributed by atoms with Crippen molar-refractivity contribution < 1.29 is 9.59 Å². The Morgan fingerprint density at radius 1 is 1.00 bits per heavy atom. The molecule has 0 atom stereocenters. The molecular weight excluding hydrogens is 288 g/mol. The van der Waals surface area contributed by atoms with Crippen LogP contribution in [-0.4, -0.2) is 46.8 Å². The number of amides is 2. The molecule has 0 aromatic heterocycles. The van der Waals surface area contributed by atoms with Crippen LogP contribution in [0.25, 0.3) is 0 Å². The topological polar surface area (TPSA) is 40.6 Å². The summed E-state index contributed by atoms with van der Waals surface area (Å²) in [6.07, 6.45) is 12.1. The van der Waals surface area contributed by atoms with Crippen LogP contribution >= 0.6 is 0 Å². The Kier molecular flexibility index (Phi) is 5.60. The van der Waals surface area contributed by atoms with Crippen LogP contribution < -0.4 is 0 Å². The van der Waals surface area contributed by atoms with Crippen LogP contribution in [0.1, 0.15) is 77.6 Å². The largest absolute Gasteiger partial charge is 0.335 e. The van der Waals surface area contributed by atoms with Gasteiger partial charge in [-0.25, -0.2) is 0 Å². The molecule has 0 bridgehead atoms. The minimum absolute atomic E-state index is 0.186. The molecule has 23 heavy (non-hydrogen) atoms. The van der Waals surface area contributed by atoms with E-state index < -0.39 is 0 Å². The molecule has 3 aliphatic rings. The van der Waals surface area contributed by atoms with Crippen LogP contribution in [0.2, 0.25) is 0 Å². The van der Waals surface area contributed by atoms with Crippen molar-refractivity contribution >= 4 is 11.8 Å². The average molecular weight is 320 g/mol. The zero-order valence-corrected chi connectivity index (χ0v) is 14.6. The number of nitrogens with zero attached hydrogens (tertiary/aromatic N) is 2. The highest BCUT2D eigenvalue weighted by Crippen LogP contribution is 2.35. The summed E-state index contributed by atoms with van der Waals surface area (Å²) in [6, 6.07) is 0.891. The summed E-state index contributed by atoms with van der Waals surface area (Å²) >= 11 is 0. The number of hydrogen-bond donors (Lipinski definition) is 0. The number of carbonyl (C=O) groups is 2. The van der Waals surface area contributed by atoms with Crippen molar-refractivity contribution in [1.29, 1.82) is 0 Å². The molecule has 0 aromatic rings. The van der Waals surface area contributed by atoms with E-state index in [1.54, 1.807) is 0 Å². The third kappa shape index (κ3) is 4.48. The second-order valence-corrected chi connectivity index (χ2v) is 7.93. The number of rotatable bonds is 4. The lowest BCUT2D eigenvalue weighted by molar-refractivity contribution is -0.143. The second kappa shape index (κ2) is 7.67. The fourth-order valence-electron chi connectivity index (χ4n) is 4.21. The van der Waals surface area contributed by atoms with E-state index in [1.807, 2.05) is 4.90 Å². The van der Waals surface area contributed by atoms with E-state index in [4.69, 9.17) is 0 Å². The lowest BCUT2D eigenvalue weighted by Gasteiger charge is -2.38. The van der Waals surface area contributed by atoms with Gasteiger partial charge in [0.25, 0.3) is 0 Å². The van der Waals surface area contributed by atoms with E-state index in [0.29, 0.717) is 25.0 Å². The Balaban J connectivity index is 1.60. The molecule has 4 heteroatoms. The summed E-state index contributed by atoms with van der Waals surface area (Å²) in [5, 5.41) is 0. The molecule has 0 radical (unpaired) electrons. The first-order valence-corrected chi connectivity index (χ1v) is 9.74. The van der Waals surface area contributed by atoms with E-state index in [0.717, 1.165) is 57.4 Å². The van der Waals surface area contributed by atoms with E-state index in [1.165, 1.54) is 19.3 Å². The third-order valence-electron chi connectivity index (χ3n) is 5.85. The van der Waals surface area contributed by atoms with E-state index in [2.05, 4.69) is 11.8 Å². The standard InChI is InChI=1S/C19H32N2O2/c1-15-7-9-16(10-8-15)21(17-11-12-17)19(23)14-20-13-5-3-2-4-6-18(20)22/h15-17H,2-14H2,1H3. The molecule has 2 saturated carbocycles. The van der Waals surface area contributed by atoms with E-state index in [-0.39, 0.29) is 11.8 Å². The van der Waals surface area contributed by atoms with Crippen molar-refractivity contribution in [1.82, 2.24) is 9.80 Å². The second-order valence-electron chi connectivity index (χ2n) is 7.93. The monoisotopic (exact) mass is 320 g/mol. The van der Waals surface area contributed by atoms with E-state index >= 15 is 0 Å². The molecule has 2 aliphatic carbocycles. The smallest absolute Gasteiger partial charge is 0.242 e. The fourth-order valence-corrected chi connectivity index (χ4v) is 4.21. The number of hydrogen-bond acceptors (Lipinski definition) is 2. The summed E-state index contributed by atoms with van der Waals surface area (Å²) in [6.45, 7) is 3.41. The van der Waals surface area contributed by atoms with Gasteiger partial charge in [-0.3, -0.25) is 9.59 Å². The lowest BCUT2D eigenvalue weighted by Crippen LogP contribution is -2.49. The molecule has 3 fully saturated rings. The van der Waals surface area contributed by atoms with Crippen molar-refractivity contribution in [3.8, 4) is 0 Å². The molecule has 1 heterocycles. The van der Waals surface area contributed by atoms with Crippen LogP contribution in [0.15, 0.2) is 0 Å². The zero-order chi connectivity index (χ0) is 16.2. The van der Waals surface area contributed by atoms with Gasteiger partial charge in [0.05, 0.1) is 6.54 Å². The Hall–Kier alpha value is -1.06. The van der Waals surface area contributed by atoms with Crippen LogP contribution in [-0.2, 0) is 9.59 Å². The highest BCUT2D eigenvalue weighted by Gasteiger charge is 2.39. The van der Waals surface area contributed by atoms with Gasteiger partial charge in [0, 0.05) is 25.0 Å². The summed E-state index contributed by atoms with van der Waals surface area (Å²) < 4.78 is 0. The Morgan fingerprint density at radius 2 is 1.61 bits per heavy atom. The minimum atomic E-state index is 0.186. The van der Waals surface area contributed by atoms with Gasteiger partial charge in [-0.05, 0) is 57.3 Å². The SMILES string of the molecule is CC1CCC(N(C(=O)CN2CCCCCCC2=O)C2CC2)CC1. The molecule has 0 spiro atoms. The van der Waals surface area contributed by atoms with Crippen LogP contribution in [0.5, 0.6) is 0 Å². The van der Waals surface area contributed by atoms with Crippen LogP contribution in [0, 0.1) is 5.92 Å². The Morgan fingerprint density at radius 3 is 2.26 bits per heavy atom. The molecule has 0 aromatic carbocycles. The lowest BCUT2D eigenvalue weighted by atomic mass is 9.86. The minimum Gasteiger partial charge on any atom is -0.335 e. The van der Waals surface area contributed by atoms with Crippen molar-refractivity contribution in [3.05, 3.63) is 0 Å². The van der Waals surface area contributed by atoms with Gasteiger partial charge in [-0.2, -0.15) is 0 Å². The summed E-state index contributed by atoms with van der Waals surface area (Å²) in [5.74, 6) is 1.20. The Labute approximate surface area is 140 Å². The van der Waals surface area contributed by atoms with Gasteiger partial charge < -0.3 is 9.80 Å². The normalized spacial score (nSPS) is 29.8. The molecule has 2 amide bonds. The van der Waals surface area contributed by atoms with Gasteiger partial charge in [-0.1, -0.05) is 19.8 Å². The molecule has 1 saturated heterocycles. The fraction of sp³-hybridized carbons (Fsp3) is 0.895. The molecular formula is C19H32N2O2. The van der Waals surface area contributed by atoms with Gasteiger partial charge in [0.2, 0.25) is 11.8 Å². The highest BCUT2D eigenvalue weighted by molar-refractivity contribution is 5.85. The quantitative estimate of drug-likeness (QED) is 0.797. The molecule has 3 rings (SSSR count). The molecule has 0 unspecified atom stereocenters. The Bertz CT molecular complexity index is 425. The van der Waals surface area contributed by atoms with Crippen LogP contribution in [0.4, 0.5) is 0 Å². The van der Waals surface area contributed by atoms with Gasteiger partial charge in [0.1, 0.15) is 0 Å². The van der Waals surface area contributed by atoms with Gasteiger partial charge in [-0.15, -0.1) is 0 Å². The molecule has 130 valence electrons. The summed E-state index contributed by atoms with van der Waals surface area (Å²) in [5.41, 5.74) is 0. The van der Waals surface area contributed by atoms with Crippen molar-refractivity contribution in [3.63, 3.8) is 0 Å². The van der Waals surface area contributed by atoms with Crippen LogP contribution in [0.3, 0.4) is 0 Å². The molecule has 0 N–H and O–H groups in total.